The second-order valence-electron chi connectivity index (χ2n) is 11.6. The molecule has 190 valence electrons. The van der Waals surface area contributed by atoms with Crippen LogP contribution in [0, 0.1) is 0 Å². The first kappa shape index (κ1) is 24.5. The molecule has 0 N–H and O–H groups in total. The van der Waals surface area contributed by atoms with Crippen LogP contribution in [0.1, 0.15) is 80.5 Å². The van der Waals surface area contributed by atoms with Gasteiger partial charge < -0.3 is 4.57 Å². The van der Waals surface area contributed by atoms with Crippen LogP contribution in [0.2, 0.25) is 0 Å². The van der Waals surface area contributed by atoms with Crippen molar-refractivity contribution in [1.29, 1.82) is 0 Å². The summed E-state index contributed by atoms with van der Waals surface area (Å²) >= 11 is 0. The largest absolute Gasteiger partial charge is 0.313 e. The molecule has 38 heavy (non-hydrogen) atoms. The van der Waals surface area contributed by atoms with E-state index in [0.29, 0.717) is 5.92 Å². The zero-order valence-electron chi connectivity index (χ0n) is 23.2. The molecule has 0 aliphatic heterocycles. The number of nitrogens with zero attached hydrogens (tertiary/aromatic N) is 1. The van der Waals surface area contributed by atoms with Crippen molar-refractivity contribution >= 4 is 0 Å². The van der Waals surface area contributed by atoms with Gasteiger partial charge in [-0.1, -0.05) is 132 Å². The molecule has 0 saturated carbocycles. The van der Waals surface area contributed by atoms with Crippen LogP contribution in [0.3, 0.4) is 0 Å². The van der Waals surface area contributed by atoms with Gasteiger partial charge in [0.05, 0.1) is 11.1 Å². The SMILES string of the molecule is CCC(C)(C)c1cc2c(n1-c1ccccc1)-c1ccc(C(C)C)cc1C2(c1ccccc1)c1ccccc1. The average molecular weight is 496 g/mol. The van der Waals surface area contributed by atoms with E-state index in [1.807, 2.05) is 0 Å². The lowest BCUT2D eigenvalue weighted by Gasteiger charge is -2.34. The fraction of sp³-hybridized carbons (Fsp3) is 0.243. The van der Waals surface area contributed by atoms with Gasteiger partial charge in [0.15, 0.2) is 0 Å². The molecule has 1 aliphatic rings. The van der Waals surface area contributed by atoms with Gasteiger partial charge in [0.25, 0.3) is 0 Å². The van der Waals surface area contributed by atoms with E-state index in [9.17, 15) is 0 Å². The summed E-state index contributed by atoms with van der Waals surface area (Å²) in [5, 5.41) is 0. The molecular formula is C37H37N. The summed E-state index contributed by atoms with van der Waals surface area (Å²) in [7, 11) is 0. The van der Waals surface area contributed by atoms with Crippen LogP contribution in [-0.4, -0.2) is 4.57 Å². The lowest BCUT2D eigenvalue weighted by atomic mass is 9.67. The number of rotatable bonds is 6. The number of hydrogen-bond donors (Lipinski definition) is 0. The van der Waals surface area contributed by atoms with E-state index < -0.39 is 5.41 Å². The predicted octanol–water partition coefficient (Wildman–Crippen LogP) is 9.65. The van der Waals surface area contributed by atoms with Crippen LogP contribution in [0.4, 0.5) is 0 Å². The highest BCUT2D eigenvalue weighted by Gasteiger charge is 2.49. The number of para-hydroxylation sites is 1. The molecule has 1 aliphatic carbocycles. The lowest BCUT2D eigenvalue weighted by Crippen LogP contribution is -2.28. The van der Waals surface area contributed by atoms with Crippen molar-refractivity contribution in [1.82, 2.24) is 4.57 Å². The van der Waals surface area contributed by atoms with Gasteiger partial charge in [0, 0.05) is 22.4 Å². The Balaban J connectivity index is 1.83. The van der Waals surface area contributed by atoms with Crippen molar-refractivity contribution in [2.24, 2.45) is 0 Å². The maximum Gasteiger partial charge on any atom is 0.0729 e. The van der Waals surface area contributed by atoms with E-state index >= 15 is 0 Å². The van der Waals surface area contributed by atoms with Crippen molar-refractivity contribution < 1.29 is 0 Å². The normalized spacial score (nSPS) is 13.9. The van der Waals surface area contributed by atoms with Crippen LogP contribution in [0.5, 0.6) is 0 Å². The minimum atomic E-state index is -0.392. The summed E-state index contributed by atoms with van der Waals surface area (Å²) < 4.78 is 2.56. The Morgan fingerprint density at radius 3 is 1.76 bits per heavy atom. The highest BCUT2D eigenvalue weighted by atomic mass is 15.0. The quantitative estimate of drug-likeness (QED) is 0.217. The third-order valence-electron chi connectivity index (χ3n) is 8.78. The van der Waals surface area contributed by atoms with Crippen LogP contribution < -0.4 is 0 Å². The summed E-state index contributed by atoms with van der Waals surface area (Å²) in [6, 6.07) is 43.0. The maximum atomic E-state index is 2.56. The maximum absolute atomic E-state index is 2.56. The first-order chi connectivity index (χ1) is 18.4. The van der Waals surface area contributed by atoms with E-state index in [2.05, 4.69) is 154 Å². The van der Waals surface area contributed by atoms with Crippen LogP contribution in [-0.2, 0) is 10.8 Å². The minimum Gasteiger partial charge on any atom is -0.313 e. The Morgan fingerprint density at radius 1 is 0.684 bits per heavy atom. The summed E-state index contributed by atoms with van der Waals surface area (Å²) in [6.07, 6.45) is 1.06. The minimum absolute atomic E-state index is 0.0112. The Labute approximate surface area is 227 Å². The average Bonchev–Trinajstić information content (AvgIpc) is 3.49. The Hall–Kier alpha value is -3.84. The molecule has 0 bridgehead atoms. The molecule has 0 radical (unpaired) electrons. The molecule has 0 fully saturated rings. The molecule has 4 aromatic carbocycles. The van der Waals surface area contributed by atoms with Gasteiger partial charge in [-0.25, -0.2) is 0 Å². The molecule has 1 heterocycles. The number of fused-ring (bicyclic) bond motifs is 3. The Bertz CT molecular complexity index is 1530. The fourth-order valence-electron chi connectivity index (χ4n) is 6.33. The predicted molar refractivity (Wildman–Crippen MR) is 160 cm³/mol. The molecule has 0 spiro atoms. The zero-order valence-corrected chi connectivity index (χ0v) is 23.2. The highest BCUT2D eigenvalue weighted by molar-refractivity contribution is 5.87. The van der Waals surface area contributed by atoms with Gasteiger partial charge in [-0.2, -0.15) is 0 Å². The van der Waals surface area contributed by atoms with Gasteiger partial charge in [-0.05, 0) is 58.4 Å². The summed E-state index contributed by atoms with van der Waals surface area (Å²) in [4.78, 5) is 0. The monoisotopic (exact) mass is 495 g/mol. The van der Waals surface area contributed by atoms with E-state index in [1.54, 1.807) is 0 Å². The van der Waals surface area contributed by atoms with Crippen molar-refractivity contribution in [2.75, 3.05) is 0 Å². The smallest absolute Gasteiger partial charge is 0.0729 e. The highest BCUT2D eigenvalue weighted by Crippen LogP contribution is 2.58. The summed E-state index contributed by atoms with van der Waals surface area (Å²) in [5.41, 5.74) is 11.6. The molecule has 0 atom stereocenters. The summed E-state index contributed by atoms with van der Waals surface area (Å²) in [5.74, 6) is 0.454. The van der Waals surface area contributed by atoms with Gasteiger partial charge in [-0.15, -0.1) is 0 Å². The van der Waals surface area contributed by atoms with E-state index in [0.717, 1.165) is 6.42 Å². The second kappa shape index (κ2) is 9.17. The van der Waals surface area contributed by atoms with E-state index in [4.69, 9.17) is 0 Å². The van der Waals surface area contributed by atoms with E-state index in [1.165, 1.54) is 50.5 Å². The van der Waals surface area contributed by atoms with Crippen molar-refractivity contribution in [3.63, 3.8) is 0 Å². The Morgan fingerprint density at radius 2 is 1.24 bits per heavy atom. The van der Waals surface area contributed by atoms with Crippen LogP contribution >= 0.6 is 0 Å². The van der Waals surface area contributed by atoms with Gasteiger partial charge in [0.2, 0.25) is 0 Å². The molecule has 1 nitrogen and oxygen atoms in total. The van der Waals surface area contributed by atoms with Gasteiger partial charge >= 0.3 is 0 Å². The third-order valence-corrected chi connectivity index (χ3v) is 8.78. The van der Waals surface area contributed by atoms with Gasteiger partial charge in [-0.3, -0.25) is 0 Å². The molecule has 5 aromatic rings. The standard InChI is InChI=1S/C37H37N/c1-6-36(4,5)34-25-33-35(38(34)30-20-14-9-15-21-30)31-23-22-27(26(2)3)24-32(31)37(33,28-16-10-7-11-17-28)29-18-12-8-13-19-29/h7-26H,6H2,1-5H3. The first-order valence-electron chi connectivity index (χ1n) is 14.0. The lowest BCUT2D eigenvalue weighted by molar-refractivity contribution is 0.482. The topological polar surface area (TPSA) is 4.93 Å². The molecule has 1 heteroatoms. The van der Waals surface area contributed by atoms with Crippen LogP contribution in [0.25, 0.3) is 16.9 Å². The molecule has 0 unspecified atom stereocenters. The van der Waals surface area contributed by atoms with Crippen LogP contribution in [0.15, 0.2) is 115 Å². The van der Waals surface area contributed by atoms with Crippen molar-refractivity contribution in [2.45, 2.75) is 57.8 Å². The molecule has 0 amide bonds. The zero-order chi connectivity index (χ0) is 26.5. The van der Waals surface area contributed by atoms with Gasteiger partial charge in [0.1, 0.15) is 0 Å². The number of aromatic nitrogens is 1. The second-order valence-corrected chi connectivity index (χ2v) is 11.6. The molecular weight excluding hydrogens is 458 g/mol. The van der Waals surface area contributed by atoms with E-state index in [-0.39, 0.29) is 5.41 Å². The number of benzene rings is 4. The molecule has 6 rings (SSSR count). The first-order valence-corrected chi connectivity index (χ1v) is 14.0. The van der Waals surface area contributed by atoms with Crippen molar-refractivity contribution in [3.05, 3.63) is 149 Å². The fourth-order valence-corrected chi connectivity index (χ4v) is 6.33. The third kappa shape index (κ3) is 3.52. The number of hydrogen-bond acceptors (Lipinski definition) is 0. The Kier molecular flexibility index (Phi) is 5.91. The summed E-state index contributed by atoms with van der Waals surface area (Å²) in [6.45, 7) is 11.7. The van der Waals surface area contributed by atoms with Crippen molar-refractivity contribution in [3.8, 4) is 16.9 Å². The molecule has 1 aromatic heterocycles. The molecule has 0 saturated heterocycles.